The average Bonchev–Trinajstić information content (AvgIpc) is 2.32. The van der Waals surface area contributed by atoms with Crippen molar-refractivity contribution in [3.63, 3.8) is 0 Å². The first-order chi connectivity index (χ1) is 8.25. The number of carboxylic acid groups (broad SMARTS) is 1. The van der Waals surface area contributed by atoms with Crippen molar-refractivity contribution in [3.05, 3.63) is 0 Å². The van der Waals surface area contributed by atoms with Crippen LogP contribution in [0.1, 0.15) is 25.7 Å². The summed E-state index contributed by atoms with van der Waals surface area (Å²) in [5, 5.41) is 8.88. The van der Waals surface area contributed by atoms with Gasteiger partial charge in [0.2, 0.25) is 0 Å². The van der Waals surface area contributed by atoms with Crippen LogP contribution in [-0.4, -0.2) is 61.0 Å². The highest BCUT2D eigenvalue weighted by atomic mass is 16.5. The van der Waals surface area contributed by atoms with Crippen LogP contribution in [-0.2, 0) is 14.3 Å². The molecule has 17 heavy (non-hydrogen) atoms. The molecule has 2 fully saturated rings. The van der Waals surface area contributed by atoms with Crippen molar-refractivity contribution in [2.75, 3.05) is 32.9 Å². The molecule has 0 bridgehead atoms. The van der Waals surface area contributed by atoms with Gasteiger partial charge in [-0.05, 0) is 19.3 Å². The molecule has 0 amide bonds. The molecule has 0 saturated carbocycles. The van der Waals surface area contributed by atoms with Gasteiger partial charge in [-0.2, -0.15) is 0 Å². The molecule has 2 aliphatic rings. The van der Waals surface area contributed by atoms with Crippen molar-refractivity contribution in [1.29, 1.82) is 0 Å². The van der Waals surface area contributed by atoms with E-state index in [1.165, 1.54) is 6.42 Å². The van der Waals surface area contributed by atoms with Gasteiger partial charge in [0.05, 0.1) is 25.7 Å². The molecule has 2 saturated heterocycles. The van der Waals surface area contributed by atoms with Crippen molar-refractivity contribution in [2.24, 2.45) is 0 Å². The van der Waals surface area contributed by atoms with E-state index in [9.17, 15) is 4.79 Å². The minimum absolute atomic E-state index is 0.00627. The second-order valence-electron chi connectivity index (χ2n) is 4.81. The first kappa shape index (κ1) is 12.8. The molecule has 1 N–H and O–H groups in total. The highest BCUT2D eigenvalue weighted by Gasteiger charge is 2.28. The number of aliphatic carboxylic acids is 1. The van der Waals surface area contributed by atoms with Crippen LogP contribution in [0.2, 0.25) is 0 Å². The lowest BCUT2D eigenvalue weighted by Crippen LogP contribution is -2.50. The zero-order valence-electron chi connectivity index (χ0n) is 10.1. The molecule has 2 heterocycles. The molecular formula is C12H21NO4. The first-order valence-corrected chi connectivity index (χ1v) is 6.41. The zero-order valence-corrected chi connectivity index (χ0v) is 10.1. The molecule has 2 unspecified atom stereocenters. The van der Waals surface area contributed by atoms with E-state index < -0.39 is 5.97 Å². The fourth-order valence-electron chi connectivity index (χ4n) is 2.53. The third-order valence-corrected chi connectivity index (χ3v) is 3.47. The van der Waals surface area contributed by atoms with Gasteiger partial charge in [0.25, 0.3) is 0 Å². The summed E-state index contributed by atoms with van der Waals surface area (Å²) in [5.74, 6) is -0.755. The molecule has 98 valence electrons. The standard InChI is InChI=1S/C12H21NO4/c14-12(15)7-10-9-16-6-4-13(10)8-11-3-1-2-5-17-11/h10-11H,1-9H2,(H,14,15). The third kappa shape index (κ3) is 3.94. The number of morpholine rings is 1. The minimum atomic E-state index is -0.755. The summed E-state index contributed by atoms with van der Waals surface area (Å²) >= 11 is 0. The molecule has 0 spiro atoms. The SMILES string of the molecule is O=C(O)CC1COCCN1CC1CCCCO1. The molecule has 0 radical (unpaired) electrons. The largest absolute Gasteiger partial charge is 0.481 e. The Morgan fingerprint density at radius 2 is 2.24 bits per heavy atom. The molecule has 5 nitrogen and oxygen atoms in total. The predicted octanol–water partition coefficient (Wildman–Crippen LogP) is 0.731. The van der Waals surface area contributed by atoms with E-state index in [1.54, 1.807) is 0 Å². The Hall–Kier alpha value is -0.650. The number of hydrogen-bond acceptors (Lipinski definition) is 4. The summed E-state index contributed by atoms with van der Waals surface area (Å²) in [5.41, 5.74) is 0. The van der Waals surface area contributed by atoms with Crippen molar-refractivity contribution in [3.8, 4) is 0 Å². The number of hydrogen-bond donors (Lipinski definition) is 1. The number of carboxylic acids is 1. The van der Waals surface area contributed by atoms with Gasteiger partial charge < -0.3 is 14.6 Å². The maximum Gasteiger partial charge on any atom is 0.305 e. The summed E-state index contributed by atoms with van der Waals surface area (Å²) < 4.78 is 11.1. The van der Waals surface area contributed by atoms with Gasteiger partial charge in [0, 0.05) is 25.7 Å². The van der Waals surface area contributed by atoms with Gasteiger partial charge in [0.15, 0.2) is 0 Å². The van der Waals surface area contributed by atoms with Crippen molar-refractivity contribution < 1.29 is 19.4 Å². The number of nitrogens with zero attached hydrogens (tertiary/aromatic N) is 1. The lowest BCUT2D eigenvalue weighted by molar-refractivity contribution is -0.141. The van der Waals surface area contributed by atoms with Crippen LogP contribution >= 0.6 is 0 Å². The smallest absolute Gasteiger partial charge is 0.305 e. The van der Waals surface area contributed by atoms with Gasteiger partial charge in [-0.3, -0.25) is 9.69 Å². The van der Waals surface area contributed by atoms with E-state index in [0.717, 1.165) is 32.5 Å². The Kier molecular flexibility index (Phi) is 4.76. The zero-order chi connectivity index (χ0) is 12.1. The van der Waals surface area contributed by atoms with Gasteiger partial charge in [-0.25, -0.2) is 0 Å². The van der Waals surface area contributed by atoms with Crippen LogP contribution in [0.25, 0.3) is 0 Å². The fourth-order valence-corrected chi connectivity index (χ4v) is 2.53. The van der Waals surface area contributed by atoms with Crippen molar-refractivity contribution in [1.82, 2.24) is 4.90 Å². The molecule has 2 atom stereocenters. The quantitative estimate of drug-likeness (QED) is 0.789. The first-order valence-electron chi connectivity index (χ1n) is 6.41. The Balaban J connectivity index is 1.84. The number of ether oxygens (including phenoxy) is 2. The Morgan fingerprint density at radius 1 is 1.35 bits per heavy atom. The molecule has 0 aromatic heterocycles. The summed E-state index contributed by atoms with van der Waals surface area (Å²) in [4.78, 5) is 13.0. The molecular weight excluding hydrogens is 222 g/mol. The van der Waals surface area contributed by atoms with Crippen molar-refractivity contribution >= 4 is 5.97 Å². The fraction of sp³-hybridized carbons (Fsp3) is 0.917. The van der Waals surface area contributed by atoms with Gasteiger partial charge >= 0.3 is 5.97 Å². The monoisotopic (exact) mass is 243 g/mol. The van der Waals surface area contributed by atoms with Gasteiger partial charge in [0.1, 0.15) is 0 Å². The Labute approximate surface area is 102 Å². The van der Waals surface area contributed by atoms with E-state index in [2.05, 4.69) is 4.90 Å². The minimum Gasteiger partial charge on any atom is -0.481 e. The Morgan fingerprint density at radius 3 is 2.94 bits per heavy atom. The van der Waals surface area contributed by atoms with E-state index in [0.29, 0.717) is 13.2 Å². The molecule has 0 aromatic rings. The summed E-state index contributed by atoms with van der Waals surface area (Å²) in [6.45, 7) is 3.74. The topological polar surface area (TPSA) is 59.0 Å². The molecule has 0 aliphatic carbocycles. The molecule has 2 aliphatic heterocycles. The molecule has 5 heteroatoms. The summed E-state index contributed by atoms with van der Waals surface area (Å²) in [6.07, 6.45) is 3.90. The van der Waals surface area contributed by atoms with Crippen LogP contribution in [0.4, 0.5) is 0 Å². The number of rotatable bonds is 4. The van der Waals surface area contributed by atoms with E-state index in [1.807, 2.05) is 0 Å². The van der Waals surface area contributed by atoms with Crippen LogP contribution in [0, 0.1) is 0 Å². The maximum absolute atomic E-state index is 10.8. The third-order valence-electron chi connectivity index (χ3n) is 3.47. The highest BCUT2D eigenvalue weighted by molar-refractivity contribution is 5.67. The van der Waals surface area contributed by atoms with Gasteiger partial charge in [-0.1, -0.05) is 0 Å². The number of carbonyl (C=O) groups is 1. The molecule has 2 rings (SSSR count). The average molecular weight is 243 g/mol. The second kappa shape index (κ2) is 6.33. The van der Waals surface area contributed by atoms with Crippen LogP contribution < -0.4 is 0 Å². The second-order valence-corrected chi connectivity index (χ2v) is 4.81. The van der Waals surface area contributed by atoms with Crippen LogP contribution in [0.3, 0.4) is 0 Å². The normalized spacial score (nSPS) is 31.3. The van der Waals surface area contributed by atoms with Crippen LogP contribution in [0.5, 0.6) is 0 Å². The summed E-state index contributed by atoms with van der Waals surface area (Å²) in [6, 6.07) is 0.00627. The van der Waals surface area contributed by atoms with E-state index >= 15 is 0 Å². The predicted molar refractivity (Wildman–Crippen MR) is 62.0 cm³/mol. The van der Waals surface area contributed by atoms with E-state index in [4.69, 9.17) is 14.6 Å². The maximum atomic E-state index is 10.8. The Bertz CT molecular complexity index is 253. The van der Waals surface area contributed by atoms with Crippen LogP contribution in [0.15, 0.2) is 0 Å². The van der Waals surface area contributed by atoms with Gasteiger partial charge in [-0.15, -0.1) is 0 Å². The van der Waals surface area contributed by atoms with Crippen molar-refractivity contribution in [2.45, 2.75) is 37.8 Å². The lowest BCUT2D eigenvalue weighted by Gasteiger charge is -2.37. The lowest BCUT2D eigenvalue weighted by atomic mass is 10.1. The van der Waals surface area contributed by atoms with E-state index in [-0.39, 0.29) is 18.6 Å². The molecule has 0 aromatic carbocycles. The highest BCUT2D eigenvalue weighted by Crippen LogP contribution is 2.17. The summed E-state index contributed by atoms with van der Waals surface area (Å²) in [7, 11) is 0.